The summed E-state index contributed by atoms with van der Waals surface area (Å²) in [5.74, 6) is -0.297. The molecule has 8 heteroatoms. The lowest BCUT2D eigenvalue weighted by molar-refractivity contribution is -0.384. The van der Waals surface area contributed by atoms with E-state index in [1.54, 1.807) is 28.9 Å². The lowest BCUT2D eigenvalue weighted by Gasteiger charge is -2.23. The van der Waals surface area contributed by atoms with Gasteiger partial charge in [-0.25, -0.2) is 4.39 Å². The molecule has 0 fully saturated rings. The van der Waals surface area contributed by atoms with Crippen molar-refractivity contribution in [2.24, 2.45) is 12.1 Å². The van der Waals surface area contributed by atoms with E-state index in [9.17, 15) is 14.5 Å². The third-order valence-electron chi connectivity index (χ3n) is 5.05. The molecule has 0 spiro atoms. The van der Waals surface area contributed by atoms with E-state index in [2.05, 4.69) is 5.10 Å². The first-order valence-corrected chi connectivity index (χ1v) is 8.79. The van der Waals surface area contributed by atoms with Crippen LogP contribution in [-0.4, -0.2) is 20.4 Å². The van der Waals surface area contributed by atoms with Gasteiger partial charge in [0.25, 0.3) is 5.69 Å². The predicted octanol–water partition coefficient (Wildman–Crippen LogP) is 4.13. The van der Waals surface area contributed by atoms with Gasteiger partial charge < -0.3 is 0 Å². The molecule has 0 saturated carbocycles. The molecule has 2 heterocycles. The zero-order chi connectivity index (χ0) is 19.8. The van der Waals surface area contributed by atoms with Crippen LogP contribution in [0.3, 0.4) is 0 Å². The van der Waals surface area contributed by atoms with E-state index in [1.165, 1.54) is 24.3 Å². The summed E-state index contributed by atoms with van der Waals surface area (Å²) >= 11 is 0. The lowest BCUT2D eigenvalue weighted by atomic mass is 9.98. The number of nitro benzene ring substituents is 1. The van der Waals surface area contributed by atoms with Crippen molar-refractivity contribution in [3.05, 3.63) is 87.5 Å². The van der Waals surface area contributed by atoms with Gasteiger partial charge in [-0.05, 0) is 36.8 Å². The minimum absolute atomic E-state index is 0.0276. The molecule has 0 bridgehead atoms. The summed E-state index contributed by atoms with van der Waals surface area (Å²) in [5, 5.41) is 21.9. The molecule has 2 aromatic carbocycles. The second-order valence-electron chi connectivity index (χ2n) is 6.70. The summed E-state index contributed by atoms with van der Waals surface area (Å²) in [6.45, 7) is 1.99. The lowest BCUT2D eigenvalue weighted by Crippen LogP contribution is -2.19. The first-order valence-electron chi connectivity index (χ1n) is 8.79. The fourth-order valence-electron chi connectivity index (χ4n) is 3.38. The molecule has 1 aliphatic rings. The summed E-state index contributed by atoms with van der Waals surface area (Å²) in [7, 11) is 1.88. The zero-order valence-corrected chi connectivity index (χ0v) is 15.4. The molecule has 4 rings (SSSR count). The topological polar surface area (TPSA) is 76.6 Å². The van der Waals surface area contributed by atoms with Crippen molar-refractivity contribution in [2.75, 3.05) is 5.01 Å². The van der Waals surface area contributed by atoms with E-state index in [-0.39, 0.29) is 17.5 Å². The smallest absolute Gasteiger partial charge is 0.269 e. The Morgan fingerprint density at radius 3 is 2.39 bits per heavy atom. The van der Waals surface area contributed by atoms with Gasteiger partial charge in [-0.2, -0.15) is 10.2 Å². The van der Waals surface area contributed by atoms with Crippen LogP contribution in [0, 0.1) is 22.9 Å². The van der Waals surface area contributed by atoms with Crippen LogP contribution in [0.5, 0.6) is 0 Å². The molecular weight excluding hydrogens is 361 g/mol. The molecule has 0 unspecified atom stereocenters. The van der Waals surface area contributed by atoms with Crippen LogP contribution in [0.25, 0.3) is 0 Å². The normalized spacial score (nSPS) is 16.3. The number of rotatable bonds is 4. The van der Waals surface area contributed by atoms with Crippen molar-refractivity contribution in [1.82, 2.24) is 9.78 Å². The number of nitro groups is 1. The number of aromatic nitrogens is 2. The third-order valence-corrected chi connectivity index (χ3v) is 5.05. The maximum Gasteiger partial charge on any atom is 0.269 e. The summed E-state index contributed by atoms with van der Waals surface area (Å²) in [5.41, 5.74) is 4.49. The molecule has 1 aromatic heterocycles. The minimum atomic E-state index is -0.427. The standard InChI is InChI=1S/C20H18FN5O2/c1-13-18(12-22-24(13)2)20-11-19(14-3-5-15(21)6-4-14)23-25(20)16-7-9-17(10-8-16)26(27)28/h3-10,12,20H,11H2,1-2H3/t20-/m1/s1. The van der Waals surface area contributed by atoms with Gasteiger partial charge >= 0.3 is 0 Å². The molecule has 28 heavy (non-hydrogen) atoms. The fourth-order valence-corrected chi connectivity index (χ4v) is 3.38. The van der Waals surface area contributed by atoms with Gasteiger partial charge in [-0.1, -0.05) is 12.1 Å². The van der Waals surface area contributed by atoms with Gasteiger partial charge in [0.15, 0.2) is 0 Å². The maximum absolute atomic E-state index is 13.3. The molecule has 142 valence electrons. The quantitative estimate of drug-likeness (QED) is 0.504. The zero-order valence-electron chi connectivity index (χ0n) is 15.4. The molecule has 1 aliphatic heterocycles. The molecule has 0 saturated heterocycles. The monoisotopic (exact) mass is 379 g/mol. The van der Waals surface area contributed by atoms with Crippen molar-refractivity contribution in [2.45, 2.75) is 19.4 Å². The van der Waals surface area contributed by atoms with E-state index < -0.39 is 4.92 Å². The Labute approximate surface area is 160 Å². The number of non-ortho nitro benzene ring substituents is 1. The molecule has 0 N–H and O–H groups in total. The molecule has 0 amide bonds. The number of anilines is 1. The maximum atomic E-state index is 13.3. The van der Waals surface area contributed by atoms with Crippen LogP contribution in [0.1, 0.15) is 29.3 Å². The summed E-state index contributed by atoms with van der Waals surface area (Å²) in [6, 6.07) is 12.5. The second-order valence-corrected chi connectivity index (χ2v) is 6.70. The van der Waals surface area contributed by atoms with Gasteiger partial charge in [-0.15, -0.1) is 0 Å². The van der Waals surface area contributed by atoms with Gasteiger partial charge in [0.1, 0.15) is 5.82 Å². The molecule has 3 aromatic rings. The predicted molar refractivity (Wildman–Crippen MR) is 104 cm³/mol. The van der Waals surface area contributed by atoms with E-state index in [0.717, 1.165) is 28.2 Å². The Morgan fingerprint density at radius 1 is 1.14 bits per heavy atom. The number of halogens is 1. The number of benzene rings is 2. The number of hydrazone groups is 1. The van der Waals surface area contributed by atoms with Crippen molar-refractivity contribution < 1.29 is 9.31 Å². The van der Waals surface area contributed by atoms with Gasteiger partial charge in [0.05, 0.1) is 28.6 Å². The highest BCUT2D eigenvalue weighted by atomic mass is 19.1. The summed E-state index contributed by atoms with van der Waals surface area (Å²) in [4.78, 5) is 10.5. The van der Waals surface area contributed by atoms with Crippen LogP contribution in [0.15, 0.2) is 59.8 Å². The Morgan fingerprint density at radius 2 is 1.82 bits per heavy atom. The number of nitrogens with zero attached hydrogens (tertiary/aromatic N) is 5. The van der Waals surface area contributed by atoms with E-state index in [0.29, 0.717) is 6.42 Å². The van der Waals surface area contributed by atoms with Crippen LogP contribution in [-0.2, 0) is 7.05 Å². The minimum Gasteiger partial charge on any atom is -0.273 e. The fraction of sp³-hybridized carbons (Fsp3) is 0.200. The Kier molecular flexibility index (Phi) is 4.38. The van der Waals surface area contributed by atoms with Crippen molar-refractivity contribution in [1.29, 1.82) is 0 Å². The van der Waals surface area contributed by atoms with Crippen molar-refractivity contribution in [3.63, 3.8) is 0 Å². The SMILES string of the molecule is Cc1c([C@H]2CC(c3ccc(F)cc3)=NN2c2ccc([N+](=O)[O-])cc2)cnn1C. The highest BCUT2D eigenvalue weighted by Crippen LogP contribution is 2.38. The molecule has 1 atom stereocenters. The van der Waals surface area contributed by atoms with Crippen LogP contribution in [0.4, 0.5) is 15.8 Å². The van der Waals surface area contributed by atoms with Crippen molar-refractivity contribution >= 4 is 17.1 Å². The van der Waals surface area contributed by atoms with Gasteiger partial charge in [0, 0.05) is 36.9 Å². The summed E-state index contributed by atoms with van der Waals surface area (Å²) in [6.07, 6.45) is 2.44. The largest absolute Gasteiger partial charge is 0.273 e. The second kappa shape index (κ2) is 6.88. The molecule has 7 nitrogen and oxygen atoms in total. The average Bonchev–Trinajstić information content (AvgIpc) is 3.26. The highest BCUT2D eigenvalue weighted by molar-refractivity contribution is 6.03. The Hall–Kier alpha value is -3.55. The number of hydrogen-bond acceptors (Lipinski definition) is 5. The third kappa shape index (κ3) is 3.13. The van der Waals surface area contributed by atoms with E-state index in [4.69, 9.17) is 5.10 Å². The van der Waals surface area contributed by atoms with Gasteiger partial charge in [0.2, 0.25) is 0 Å². The van der Waals surface area contributed by atoms with Gasteiger partial charge in [-0.3, -0.25) is 19.8 Å². The first kappa shape index (κ1) is 17.8. The average molecular weight is 379 g/mol. The molecular formula is C20H18FN5O2. The summed E-state index contributed by atoms with van der Waals surface area (Å²) < 4.78 is 15.1. The van der Waals surface area contributed by atoms with E-state index in [1.807, 2.05) is 25.2 Å². The number of hydrogen-bond donors (Lipinski definition) is 0. The molecule has 0 radical (unpaired) electrons. The van der Waals surface area contributed by atoms with Crippen LogP contribution >= 0.6 is 0 Å². The number of aryl methyl sites for hydroxylation is 1. The highest BCUT2D eigenvalue weighted by Gasteiger charge is 2.32. The van der Waals surface area contributed by atoms with Crippen LogP contribution < -0.4 is 5.01 Å². The first-order chi connectivity index (χ1) is 13.4. The Bertz CT molecular complexity index is 1060. The van der Waals surface area contributed by atoms with Crippen LogP contribution in [0.2, 0.25) is 0 Å². The Balaban J connectivity index is 1.75. The van der Waals surface area contributed by atoms with Crippen molar-refractivity contribution in [3.8, 4) is 0 Å². The van der Waals surface area contributed by atoms with E-state index >= 15 is 0 Å². The molecule has 0 aliphatic carbocycles.